The minimum absolute atomic E-state index is 0.153. The van der Waals surface area contributed by atoms with E-state index in [0.29, 0.717) is 0 Å². The summed E-state index contributed by atoms with van der Waals surface area (Å²) in [7, 11) is -2.15. The second-order valence-corrected chi connectivity index (χ2v) is 6.93. The molecule has 0 bridgehead atoms. The molecule has 7 heteroatoms. The molecule has 1 aromatic heterocycles. The van der Waals surface area contributed by atoms with Gasteiger partial charge in [0.05, 0.1) is 5.71 Å². The van der Waals surface area contributed by atoms with E-state index in [1.54, 1.807) is 11.4 Å². The van der Waals surface area contributed by atoms with Crippen molar-refractivity contribution in [1.82, 2.24) is 0 Å². The monoisotopic (exact) mass is 304 g/mol. The molecule has 2 N–H and O–H groups in total. The number of hydrogen-bond donors (Lipinski definition) is 1. The Morgan fingerprint density at radius 3 is 2.68 bits per heavy atom. The standard InChI is InChI=1S/C12H20N2O3S2/c1-3-4-5-6-7-11(14-17-2)10-8-12(18-9-10)19(13,15)16/h8-9H,3-7H2,1-2H3,(H2,13,15,16)/b14-11-. The molecule has 19 heavy (non-hydrogen) atoms. The zero-order valence-electron chi connectivity index (χ0n) is 11.3. The minimum Gasteiger partial charge on any atom is -0.399 e. The Hall–Kier alpha value is -0.920. The largest absolute Gasteiger partial charge is 0.399 e. The molecule has 108 valence electrons. The van der Waals surface area contributed by atoms with E-state index in [1.807, 2.05) is 0 Å². The molecule has 1 aromatic rings. The fourth-order valence-corrected chi connectivity index (χ4v) is 3.30. The lowest BCUT2D eigenvalue weighted by Gasteiger charge is -2.03. The Labute approximate surface area is 118 Å². The lowest BCUT2D eigenvalue weighted by atomic mass is 10.1. The van der Waals surface area contributed by atoms with Crippen LogP contribution in [0.25, 0.3) is 0 Å². The molecular formula is C12H20N2O3S2. The van der Waals surface area contributed by atoms with Gasteiger partial charge in [-0.1, -0.05) is 31.3 Å². The Morgan fingerprint density at radius 1 is 1.42 bits per heavy atom. The first-order valence-electron chi connectivity index (χ1n) is 6.20. The van der Waals surface area contributed by atoms with Gasteiger partial charge in [-0.3, -0.25) is 0 Å². The maximum Gasteiger partial charge on any atom is 0.247 e. The van der Waals surface area contributed by atoms with Gasteiger partial charge < -0.3 is 4.84 Å². The molecule has 0 aliphatic heterocycles. The number of rotatable bonds is 8. The molecule has 1 rings (SSSR count). The van der Waals surface area contributed by atoms with E-state index < -0.39 is 10.0 Å². The number of thiophene rings is 1. The van der Waals surface area contributed by atoms with Crippen LogP contribution >= 0.6 is 11.3 Å². The highest BCUT2D eigenvalue weighted by Crippen LogP contribution is 2.21. The third-order valence-electron chi connectivity index (χ3n) is 2.66. The SMILES string of the molecule is CCCCCC/C(=N/OC)c1csc(S(N)(=O)=O)c1. The number of unbranched alkanes of at least 4 members (excludes halogenated alkanes) is 3. The van der Waals surface area contributed by atoms with Crippen molar-refractivity contribution in [2.24, 2.45) is 10.3 Å². The lowest BCUT2D eigenvalue weighted by Crippen LogP contribution is -2.10. The van der Waals surface area contributed by atoms with E-state index in [2.05, 4.69) is 12.1 Å². The molecule has 0 aliphatic rings. The van der Waals surface area contributed by atoms with Gasteiger partial charge in [0.25, 0.3) is 0 Å². The van der Waals surface area contributed by atoms with Crippen molar-refractivity contribution in [3.63, 3.8) is 0 Å². The van der Waals surface area contributed by atoms with Gasteiger partial charge in [-0.15, -0.1) is 11.3 Å². The van der Waals surface area contributed by atoms with Crippen molar-refractivity contribution in [3.8, 4) is 0 Å². The lowest BCUT2D eigenvalue weighted by molar-refractivity contribution is 0.212. The average molecular weight is 304 g/mol. The Morgan fingerprint density at radius 2 is 2.16 bits per heavy atom. The third-order valence-corrected chi connectivity index (χ3v) is 5.04. The van der Waals surface area contributed by atoms with Gasteiger partial charge in [0, 0.05) is 10.9 Å². The van der Waals surface area contributed by atoms with Crippen LogP contribution in [-0.2, 0) is 14.9 Å². The molecule has 0 saturated carbocycles. The van der Waals surface area contributed by atoms with Crippen molar-refractivity contribution < 1.29 is 13.3 Å². The smallest absolute Gasteiger partial charge is 0.247 e. The van der Waals surface area contributed by atoms with Crippen molar-refractivity contribution in [2.45, 2.75) is 43.2 Å². The molecule has 0 aliphatic carbocycles. The summed E-state index contributed by atoms with van der Waals surface area (Å²) in [6.07, 6.45) is 5.27. The van der Waals surface area contributed by atoms with Crippen molar-refractivity contribution in [2.75, 3.05) is 7.11 Å². The molecule has 0 saturated heterocycles. The summed E-state index contributed by atoms with van der Waals surface area (Å²) in [4.78, 5) is 4.82. The fraction of sp³-hybridized carbons (Fsp3) is 0.583. The van der Waals surface area contributed by atoms with Crippen LogP contribution in [0.2, 0.25) is 0 Å². The van der Waals surface area contributed by atoms with Crippen LogP contribution in [0.1, 0.15) is 44.6 Å². The first kappa shape index (κ1) is 16.1. The maximum absolute atomic E-state index is 11.2. The average Bonchev–Trinajstić information content (AvgIpc) is 2.82. The van der Waals surface area contributed by atoms with E-state index in [-0.39, 0.29) is 4.21 Å². The van der Waals surface area contributed by atoms with Crippen LogP contribution in [0.15, 0.2) is 20.8 Å². The first-order valence-corrected chi connectivity index (χ1v) is 8.63. The number of nitrogens with zero attached hydrogens (tertiary/aromatic N) is 1. The molecule has 1 heterocycles. The molecule has 0 spiro atoms. The quantitative estimate of drug-likeness (QED) is 0.455. The van der Waals surface area contributed by atoms with Crippen LogP contribution in [0.3, 0.4) is 0 Å². The second kappa shape index (κ2) is 7.62. The predicted octanol–water partition coefficient (Wildman–Crippen LogP) is 2.72. The van der Waals surface area contributed by atoms with Crippen LogP contribution < -0.4 is 5.14 Å². The summed E-state index contributed by atoms with van der Waals surface area (Å²) in [6, 6.07) is 1.55. The molecule has 0 radical (unpaired) electrons. The zero-order valence-corrected chi connectivity index (χ0v) is 12.9. The third kappa shape index (κ3) is 5.30. The van der Waals surface area contributed by atoms with Gasteiger partial charge in [0.1, 0.15) is 11.3 Å². The fourth-order valence-electron chi connectivity index (χ4n) is 1.69. The van der Waals surface area contributed by atoms with E-state index in [4.69, 9.17) is 9.98 Å². The van der Waals surface area contributed by atoms with Crippen LogP contribution in [0.4, 0.5) is 0 Å². The second-order valence-electron chi connectivity index (χ2n) is 4.23. The van der Waals surface area contributed by atoms with Crippen LogP contribution in [0.5, 0.6) is 0 Å². The van der Waals surface area contributed by atoms with Crippen LogP contribution in [0, 0.1) is 0 Å². The van der Waals surface area contributed by atoms with E-state index in [9.17, 15) is 8.42 Å². The van der Waals surface area contributed by atoms with Gasteiger partial charge in [0.15, 0.2) is 0 Å². The summed E-state index contributed by atoms with van der Waals surface area (Å²) in [5, 5.41) is 10.8. The summed E-state index contributed by atoms with van der Waals surface area (Å²) in [5.74, 6) is 0. The maximum atomic E-state index is 11.2. The summed E-state index contributed by atoms with van der Waals surface area (Å²) in [6.45, 7) is 2.15. The highest BCUT2D eigenvalue weighted by Gasteiger charge is 2.14. The van der Waals surface area contributed by atoms with Gasteiger partial charge in [0.2, 0.25) is 10.0 Å². The summed E-state index contributed by atoms with van der Waals surface area (Å²) >= 11 is 1.11. The highest BCUT2D eigenvalue weighted by atomic mass is 32.2. The predicted molar refractivity (Wildman–Crippen MR) is 78.0 cm³/mol. The normalized spacial score (nSPS) is 12.7. The molecule has 0 amide bonds. The molecule has 0 fully saturated rings. The molecule has 5 nitrogen and oxygen atoms in total. The minimum atomic E-state index is -3.64. The summed E-state index contributed by atoms with van der Waals surface area (Å²) < 4.78 is 22.6. The topological polar surface area (TPSA) is 81.8 Å². The van der Waals surface area contributed by atoms with E-state index in [1.165, 1.54) is 20.0 Å². The van der Waals surface area contributed by atoms with Crippen molar-refractivity contribution in [1.29, 1.82) is 0 Å². The number of primary sulfonamides is 1. The Kier molecular flexibility index (Phi) is 6.47. The Balaban J connectivity index is 2.77. The van der Waals surface area contributed by atoms with Gasteiger partial charge in [-0.2, -0.15) is 0 Å². The van der Waals surface area contributed by atoms with E-state index >= 15 is 0 Å². The van der Waals surface area contributed by atoms with E-state index in [0.717, 1.165) is 41.9 Å². The highest BCUT2D eigenvalue weighted by molar-refractivity contribution is 7.91. The molecule has 0 aromatic carbocycles. The number of sulfonamides is 1. The molecular weight excluding hydrogens is 284 g/mol. The number of nitrogens with two attached hydrogens (primary N) is 1. The van der Waals surface area contributed by atoms with Crippen molar-refractivity contribution in [3.05, 3.63) is 17.0 Å². The Bertz CT molecular complexity index is 521. The first-order chi connectivity index (χ1) is 8.99. The molecule has 0 unspecified atom stereocenters. The molecule has 0 atom stereocenters. The van der Waals surface area contributed by atoms with Gasteiger partial charge in [-0.25, -0.2) is 13.6 Å². The summed E-state index contributed by atoms with van der Waals surface area (Å²) in [5.41, 5.74) is 1.54. The van der Waals surface area contributed by atoms with Crippen LogP contribution in [-0.4, -0.2) is 21.2 Å². The number of hydrogen-bond acceptors (Lipinski definition) is 5. The van der Waals surface area contributed by atoms with Crippen molar-refractivity contribution >= 4 is 27.1 Å². The van der Waals surface area contributed by atoms with Gasteiger partial charge in [-0.05, 0) is 18.9 Å². The van der Waals surface area contributed by atoms with Gasteiger partial charge >= 0.3 is 0 Å². The number of oxime groups is 1. The zero-order chi connectivity index (χ0) is 14.3.